The Morgan fingerprint density at radius 3 is 2.46 bits per heavy atom. The van der Waals surface area contributed by atoms with Crippen LogP contribution in [0.4, 0.5) is 5.69 Å². The van der Waals surface area contributed by atoms with Crippen LogP contribution in [0.25, 0.3) is 0 Å². The fraction of sp³-hybridized carbons (Fsp3) is 0. The number of carboxylic acids is 1. The summed E-state index contributed by atoms with van der Waals surface area (Å²) in [4.78, 5) is 14.1. The standard InChI is InChI=1S/C6H4Cl2N2O2.ClH/c7-4-3(6(11)12)2(9)1-10-5(4)8;/h1H,9H2,(H,11,12);1H. The van der Waals surface area contributed by atoms with Crippen molar-refractivity contribution < 1.29 is 9.90 Å². The smallest absolute Gasteiger partial charge is 0.339 e. The second kappa shape index (κ2) is 4.50. The molecule has 72 valence electrons. The lowest BCUT2D eigenvalue weighted by molar-refractivity contribution is 0.0698. The average molecular weight is 243 g/mol. The minimum Gasteiger partial charge on any atom is -0.478 e. The molecule has 0 fully saturated rings. The van der Waals surface area contributed by atoms with Crippen molar-refractivity contribution in [3.8, 4) is 0 Å². The van der Waals surface area contributed by atoms with E-state index in [1.165, 1.54) is 0 Å². The Hall–Kier alpha value is -0.710. The molecule has 1 aromatic rings. The number of pyridine rings is 1. The first kappa shape index (κ1) is 12.3. The molecule has 3 N–H and O–H groups in total. The lowest BCUT2D eigenvalue weighted by Gasteiger charge is -2.02. The minimum atomic E-state index is -1.22. The maximum Gasteiger partial charge on any atom is 0.339 e. The van der Waals surface area contributed by atoms with Crippen LogP contribution in [0.3, 0.4) is 0 Å². The van der Waals surface area contributed by atoms with E-state index in [1.807, 2.05) is 0 Å². The van der Waals surface area contributed by atoms with Gasteiger partial charge in [-0.3, -0.25) is 0 Å². The van der Waals surface area contributed by atoms with Gasteiger partial charge in [0.1, 0.15) is 10.7 Å². The number of anilines is 1. The van der Waals surface area contributed by atoms with Crippen molar-refractivity contribution in [2.45, 2.75) is 0 Å². The molecular formula is C6H5Cl3N2O2. The number of aromatic carboxylic acids is 1. The first-order valence-corrected chi connectivity index (χ1v) is 3.62. The Labute approximate surface area is 90.1 Å². The summed E-state index contributed by atoms with van der Waals surface area (Å²) in [5.74, 6) is -1.22. The van der Waals surface area contributed by atoms with Gasteiger partial charge in [0.05, 0.1) is 16.9 Å². The molecule has 1 heterocycles. The summed E-state index contributed by atoms with van der Waals surface area (Å²) in [5, 5.41) is 8.42. The second-order valence-electron chi connectivity index (χ2n) is 2.00. The van der Waals surface area contributed by atoms with E-state index in [1.54, 1.807) is 0 Å². The quantitative estimate of drug-likeness (QED) is 0.741. The number of nitrogen functional groups attached to an aromatic ring is 1. The highest BCUT2D eigenvalue weighted by Crippen LogP contribution is 2.27. The van der Waals surface area contributed by atoms with Crippen LogP contribution in [0.1, 0.15) is 10.4 Å². The van der Waals surface area contributed by atoms with Crippen LogP contribution in [-0.4, -0.2) is 16.1 Å². The highest BCUT2D eigenvalue weighted by atomic mass is 35.5. The van der Waals surface area contributed by atoms with Gasteiger partial charge in [-0.1, -0.05) is 23.2 Å². The highest BCUT2D eigenvalue weighted by Gasteiger charge is 2.15. The third kappa shape index (κ3) is 2.37. The molecule has 0 bridgehead atoms. The van der Waals surface area contributed by atoms with Crippen LogP contribution in [-0.2, 0) is 0 Å². The van der Waals surface area contributed by atoms with Crippen molar-refractivity contribution in [3.63, 3.8) is 0 Å². The zero-order chi connectivity index (χ0) is 9.30. The molecule has 0 amide bonds. The Morgan fingerprint density at radius 1 is 1.54 bits per heavy atom. The average Bonchev–Trinajstić information content (AvgIpc) is 1.97. The predicted octanol–water partition coefficient (Wildman–Crippen LogP) is 2.09. The van der Waals surface area contributed by atoms with E-state index in [4.69, 9.17) is 34.0 Å². The van der Waals surface area contributed by atoms with Crippen LogP contribution in [0.5, 0.6) is 0 Å². The number of hydrogen-bond acceptors (Lipinski definition) is 3. The predicted molar refractivity (Wildman–Crippen MR) is 52.9 cm³/mol. The number of nitrogens with two attached hydrogens (primary N) is 1. The van der Waals surface area contributed by atoms with Crippen molar-refractivity contribution in [1.29, 1.82) is 0 Å². The number of hydrogen-bond donors (Lipinski definition) is 2. The summed E-state index contributed by atoms with van der Waals surface area (Å²) >= 11 is 11.0. The van der Waals surface area contributed by atoms with Gasteiger partial charge in [-0.15, -0.1) is 12.4 Å². The number of carbonyl (C=O) groups is 1. The van der Waals surface area contributed by atoms with Gasteiger partial charge in [-0.25, -0.2) is 9.78 Å². The molecule has 0 aliphatic rings. The van der Waals surface area contributed by atoms with Crippen LogP contribution in [0, 0.1) is 0 Å². The Bertz CT molecular complexity index is 343. The molecular weight excluding hydrogens is 238 g/mol. The number of carboxylic acid groups (broad SMARTS) is 1. The van der Waals surface area contributed by atoms with Crippen molar-refractivity contribution in [1.82, 2.24) is 4.98 Å². The molecule has 0 aliphatic heterocycles. The topological polar surface area (TPSA) is 76.2 Å². The van der Waals surface area contributed by atoms with Gasteiger partial charge >= 0.3 is 5.97 Å². The van der Waals surface area contributed by atoms with Crippen LogP contribution >= 0.6 is 35.6 Å². The van der Waals surface area contributed by atoms with E-state index in [9.17, 15) is 4.79 Å². The van der Waals surface area contributed by atoms with Gasteiger partial charge in [0.15, 0.2) is 0 Å². The van der Waals surface area contributed by atoms with E-state index >= 15 is 0 Å². The van der Waals surface area contributed by atoms with Gasteiger partial charge in [-0.2, -0.15) is 0 Å². The summed E-state index contributed by atoms with van der Waals surface area (Å²) in [6.07, 6.45) is 1.15. The normalized spacial score (nSPS) is 9.08. The monoisotopic (exact) mass is 242 g/mol. The van der Waals surface area contributed by atoms with Crippen molar-refractivity contribution in [2.24, 2.45) is 0 Å². The Balaban J connectivity index is 0.00000144. The van der Waals surface area contributed by atoms with Crippen molar-refractivity contribution in [2.75, 3.05) is 5.73 Å². The van der Waals surface area contributed by atoms with E-state index in [0.29, 0.717) is 0 Å². The fourth-order valence-corrected chi connectivity index (χ4v) is 1.08. The summed E-state index contributed by atoms with van der Waals surface area (Å²) in [6.45, 7) is 0. The van der Waals surface area contributed by atoms with Gasteiger partial charge in [0.25, 0.3) is 0 Å². The molecule has 0 spiro atoms. The van der Waals surface area contributed by atoms with Crippen molar-refractivity contribution in [3.05, 3.63) is 21.9 Å². The zero-order valence-corrected chi connectivity index (χ0v) is 8.45. The molecule has 0 saturated heterocycles. The van der Waals surface area contributed by atoms with E-state index < -0.39 is 5.97 Å². The maximum atomic E-state index is 10.5. The summed E-state index contributed by atoms with van der Waals surface area (Å²) in [5.41, 5.74) is 5.09. The van der Waals surface area contributed by atoms with Gasteiger partial charge in [-0.05, 0) is 0 Å². The number of nitrogens with zero attached hydrogens (tertiary/aromatic N) is 1. The van der Waals surface area contributed by atoms with Crippen molar-refractivity contribution >= 4 is 47.3 Å². The molecule has 0 saturated carbocycles. The molecule has 1 rings (SSSR count). The lowest BCUT2D eigenvalue weighted by Crippen LogP contribution is -2.04. The molecule has 4 nitrogen and oxygen atoms in total. The molecule has 0 aliphatic carbocycles. The maximum absolute atomic E-state index is 10.5. The molecule has 1 aromatic heterocycles. The molecule has 7 heteroatoms. The first-order valence-electron chi connectivity index (χ1n) is 2.86. The molecule has 0 aromatic carbocycles. The largest absolute Gasteiger partial charge is 0.478 e. The third-order valence-electron chi connectivity index (χ3n) is 1.22. The first-order chi connectivity index (χ1) is 5.54. The number of aromatic nitrogens is 1. The van der Waals surface area contributed by atoms with Gasteiger partial charge in [0, 0.05) is 0 Å². The minimum absolute atomic E-state index is 0. The Morgan fingerprint density at radius 2 is 2.08 bits per heavy atom. The summed E-state index contributed by atoms with van der Waals surface area (Å²) in [7, 11) is 0. The van der Waals surface area contributed by atoms with E-state index in [0.717, 1.165) is 6.20 Å². The highest BCUT2D eigenvalue weighted by molar-refractivity contribution is 6.43. The molecule has 0 atom stereocenters. The van der Waals surface area contributed by atoms with Crippen LogP contribution in [0.2, 0.25) is 10.2 Å². The van der Waals surface area contributed by atoms with Gasteiger partial charge in [0.2, 0.25) is 0 Å². The number of rotatable bonds is 1. The van der Waals surface area contributed by atoms with Crippen LogP contribution < -0.4 is 5.73 Å². The fourth-order valence-electron chi connectivity index (χ4n) is 0.695. The SMILES string of the molecule is Cl.Nc1cnc(Cl)c(Cl)c1C(=O)O. The second-order valence-corrected chi connectivity index (χ2v) is 2.73. The molecule has 0 radical (unpaired) electrons. The third-order valence-corrected chi connectivity index (χ3v) is 1.97. The molecule has 13 heavy (non-hydrogen) atoms. The summed E-state index contributed by atoms with van der Waals surface area (Å²) in [6, 6.07) is 0. The van der Waals surface area contributed by atoms with E-state index in [2.05, 4.69) is 4.98 Å². The molecule has 0 unspecified atom stereocenters. The van der Waals surface area contributed by atoms with E-state index in [-0.39, 0.29) is 33.8 Å². The summed E-state index contributed by atoms with van der Waals surface area (Å²) < 4.78 is 0. The van der Waals surface area contributed by atoms with Gasteiger partial charge < -0.3 is 10.8 Å². The zero-order valence-electron chi connectivity index (χ0n) is 6.12. The number of halogens is 3. The van der Waals surface area contributed by atoms with Crippen LogP contribution in [0.15, 0.2) is 6.20 Å². The Kier molecular flexibility index (Phi) is 4.26. The lowest BCUT2D eigenvalue weighted by atomic mass is 10.2.